The van der Waals surface area contributed by atoms with E-state index < -0.39 is 0 Å². The molecule has 4 nitrogen and oxygen atoms in total. The number of carbonyl (C=O) groups is 1. The van der Waals surface area contributed by atoms with Crippen LogP contribution in [0.2, 0.25) is 0 Å². The van der Waals surface area contributed by atoms with Crippen molar-refractivity contribution in [1.29, 1.82) is 0 Å². The minimum atomic E-state index is 0.256. The van der Waals surface area contributed by atoms with Gasteiger partial charge in [0.05, 0.1) is 5.92 Å². The van der Waals surface area contributed by atoms with Crippen LogP contribution < -0.4 is 0 Å². The van der Waals surface area contributed by atoms with Gasteiger partial charge in [-0.1, -0.05) is 25.7 Å². The Morgan fingerprint density at radius 1 is 0.955 bits per heavy atom. The number of fused-ring (bicyclic) bond motifs is 2. The monoisotopic (exact) mass is 307 g/mol. The topological polar surface area (TPSA) is 26.8 Å². The third-order valence-corrected chi connectivity index (χ3v) is 6.26. The van der Waals surface area contributed by atoms with Gasteiger partial charge in [-0.2, -0.15) is 0 Å². The summed E-state index contributed by atoms with van der Waals surface area (Å²) in [5, 5.41) is 0. The maximum absolute atomic E-state index is 13.3. The minimum absolute atomic E-state index is 0.256. The molecular weight excluding hydrogens is 274 g/mol. The van der Waals surface area contributed by atoms with Gasteiger partial charge in [0.25, 0.3) is 0 Å². The number of nitrogens with zero attached hydrogens (tertiary/aromatic N) is 3. The molecule has 0 aromatic rings. The number of hydrogen-bond donors (Lipinski definition) is 0. The molecule has 0 radical (unpaired) electrons. The second kappa shape index (κ2) is 6.88. The highest BCUT2D eigenvalue weighted by Gasteiger charge is 2.46. The third kappa shape index (κ3) is 3.05. The van der Waals surface area contributed by atoms with Crippen LogP contribution in [0.3, 0.4) is 0 Å². The van der Waals surface area contributed by atoms with E-state index in [1.165, 1.54) is 44.9 Å². The van der Waals surface area contributed by atoms with E-state index in [2.05, 4.69) is 35.8 Å². The van der Waals surface area contributed by atoms with Gasteiger partial charge in [-0.25, -0.2) is 0 Å². The zero-order valence-electron chi connectivity index (χ0n) is 14.6. The number of carbonyl (C=O) groups excluding carboxylic acids is 1. The molecule has 0 aromatic heterocycles. The highest BCUT2D eigenvalue weighted by Crippen LogP contribution is 2.38. The SMILES string of the molecule is CN(C)CCN1C(=O)C2CCCCC2N(C)C2CCCCC21. The van der Waals surface area contributed by atoms with Gasteiger partial charge in [0.2, 0.25) is 5.91 Å². The van der Waals surface area contributed by atoms with Gasteiger partial charge in [0.15, 0.2) is 0 Å². The molecule has 0 bridgehead atoms. The Morgan fingerprint density at radius 2 is 1.55 bits per heavy atom. The fourth-order valence-electron chi connectivity index (χ4n) is 5.02. The zero-order chi connectivity index (χ0) is 15.7. The van der Waals surface area contributed by atoms with Crippen molar-refractivity contribution >= 4 is 5.91 Å². The quantitative estimate of drug-likeness (QED) is 0.800. The molecule has 22 heavy (non-hydrogen) atoms. The second-order valence-corrected chi connectivity index (χ2v) is 7.88. The summed E-state index contributed by atoms with van der Waals surface area (Å²) in [6, 6.07) is 1.54. The Balaban J connectivity index is 1.87. The lowest BCUT2D eigenvalue weighted by Crippen LogP contribution is -2.53. The summed E-state index contributed by atoms with van der Waals surface area (Å²) < 4.78 is 0. The van der Waals surface area contributed by atoms with E-state index in [9.17, 15) is 4.79 Å². The van der Waals surface area contributed by atoms with Gasteiger partial charge in [0, 0.05) is 31.2 Å². The molecular formula is C18H33N3O. The molecule has 1 amide bonds. The van der Waals surface area contributed by atoms with Crippen molar-refractivity contribution in [2.75, 3.05) is 34.2 Å². The molecule has 4 atom stereocenters. The van der Waals surface area contributed by atoms with Crippen LogP contribution in [0.5, 0.6) is 0 Å². The first-order chi connectivity index (χ1) is 10.6. The molecule has 2 aliphatic carbocycles. The predicted molar refractivity (Wildman–Crippen MR) is 89.8 cm³/mol. The average Bonchev–Trinajstić information content (AvgIpc) is 2.62. The van der Waals surface area contributed by atoms with Crippen molar-refractivity contribution in [3.63, 3.8) is 0 Å². The summed E-state index contributed by atoms with van der Waals surface area (Å²) >= 11 is 0. The lowest BCUT2D eigenvalue weighted by atomic mass is 9.82. The van der Waals surface area contributed by atoms with Crippen molar-refractivity contribution < 1.29 is 4.79 Å². The molecule has 3 fully saturated rings. The summed E-state index contributed by atoms with van der Waals surface area (Å²) in [7, 11) is 6.51. The highest BCUT2D eigenvalue weighted by molar-refractivity contribution is 5.80. The van der Waals surface area contributed by atoms with E-state index in [4.69, 9.17) is 0 Å². The van der Waals surface area contributed by atoms with Crippen molar-refractivity contribution in [2.24, 2.45) is 5.92 Å². The van der Waals surface area contributed by atoms with Gasteiger partial charge in [0.1, 0.15) is 0 Å². The van der Waals surface area contributed by atoms with Gasteiger partial charge in [-0.15, -0.1) is 0 Å². The molecule has 0 aromatic carbocycles. The number of rotatable bonds is 3. The Kier molecular flexibility index (Phi) is 5.08. The van der Waals surface area contributed by atoms with Crippen LogP contribution in [-0.4, -0.2) is 73.0 Å². The largest absolute Gasteiger partial charge is 0.337 e. The molecule has 1 saturated heterocycles. The molecule has 4 unspecified atom stereocenters. The van der Waals surface area contributed by atoms with Crippen LogP contribution in [0.1, 0.15) is 51.4 Å². The maximum atomic E-state index is 13.3. The maximum Gasteiger partial charge on any atom is 0.227 e. The standard InChI is InChI=1S/C18H33N3O/c1-19(2)12-13-21-17-11-7-6-10-16(17)20(3)15-9-5-4-8-14(15)18(21)22/h14-17H,4-13H2,1-3H3. The molecule has 0 N–H and O–H groups in total. The highest BCUT2D eigenvalue weighted by atomic mass is 16.2. The first kappa shape index (κ1) is 16.3. The zero-order valence-corrected chi connectivity index (χ0v) is 14.6. The van der Waals surface area contributed by atoms with Gasteiger partial charge >= 0.3 is 0 Å². The van der Waals surface area contributed by atoms with Gasteiger partial charge in [-0.05, 0) is 46.8 Å². The molecule has 3 aliphatic rings. The normalized spacial score (nSPS) is 36.9. The predicted octanol–water partition coefficient (Wildman–Crippen LogP) is 2.19. The van der Waals surface area contributed by atoms with Gasteiger partial charge in [-0.3, -0.25) is 9.69 Å². The Bertz CT molecular complexity index is 398. The average molecular weight is 307 g/mol. The fourth-order valence-corrected chi connectivity index (χ4v) is 5.02. The van der Waals surface area contributed by atoms with Crippen molar-refractivity contribution in [2.45, 2.75) is 69.5 Å². The van der Waals surface area contributed by atoms with Crippen LogP contribution in [0.15, 0.2) is 0 Å². The lowest BCUT2D eigenvalue weighted by Gasteiger charge is -2.43. The van der Waals surface area contributed by atoms with Crippen molar-refractivity contribution in [1.82, 2.24) is 14.7 Å². The van der Waals surface area contributed by atoms with E-state index >= 15 is 0 Å². The smallest absolute Gasteiger partial charge is 0.227 e. The Morgan fingerprint density at radius 3 is 2.23 bits per heavy atom. The minimum Gasteiger partial charge on any atom is -0.337 e. The van der Waals surface area contributed by atoms with Crippen molar-refractivity contribution in [3.8, 4) is 0 Å². The fraction of sp³-hybridized carbons (Fsp3) is 0.944. The van der Waals surface area contributed by atoms with E-state index in [0.29, 0.717) is 24.0 Å². The summed E-state index contributed by atoms with van der Waals surface area (Å²) in [6.07, 6.45) is 9.95. The number of amides is 1. The summed E-state index contributed by atoms with van der Waals surface area (Å²) in [6.45, 7) is 1.89. The van der Waals surface area contributed by atoms with E-state index in [0.717, 1.165) is 19.5 Å². The lowest BCUT2D eigenvalue weighted by molar-refractivity contribution is -0.139. The van der Waals surface area contributed by atoms with E-state index in [1.54, 1.807) is 0 Å². The first-order valence-corrected chi connectivity index (χ1v) is 9.26. The van der Waals surface area contributed by atoms with E-state index in [-0.39, 0.29) is 5.92 Å². The van der Waals surface area contributed by atoms with Gasteiger partial charge < -0.3 is 9.80 Å². The summed E-state index contributed by atoms with van der Waals surface area (Å²) in [4.78, 5) is 20.4. The van der Waals surface area contributed by atoms with Crippen LogP contribution in [0.4, 0.5) is 0 Å². The van der Waals surface area contributed by atoms with E-state index in [1.807, 2.05) is 0 Å². The molecule has 1 aliphatic heterocycles. The van der Waals surface area contributed by atoms with Crippen LogP contribution in [0.25, 0.3) is 0 Å². The van der Waals surface area contributed by atoms with Crippen molar-refractivity contribution in [3.05, 3.63) is 0 Å². The second-order valence-electron chi connectivity index (χ2n) is 7.88. The molecule has 0 spiro atoms. The molecule has 4 heteroatoms. The Labute approximate surface area is 135 Å². The third-order valence-electron chi connectivity index (χ3n) is 6.26. The Hall–Kier alpha value is -0.610. The van der Waals surface area contributed by atoms with Crippen LogP contribution in [-0.2, 0) is 4.79 Å². The number of hydrogen-bond acceptors (Lipinski definition) is 3. The first-order valence-electron chi connectivity index (χ1n) is 9.26. The summed E-state index contributed by atoms with van der Waals surface area (Å²) in [5.41, 5.74) is 0. The molecule has 1 heterocycles. The number of likely N-dealkylation sites (N-methyl/N-ethyl adjacent to an activating group) is 2. The summed E-state index contributed by atoms with van der Waals surface area (Å²) in [5.74, 6) is 0.722. The van der Waals surface area contributed by atoms with Crippen LogP contribution >= 0.6 is 0 Å². The molecule has 2 saturated carbocycles. The molecule has 126 valence electrons. The van der Waals surface area contributed by atoms with Crippen LogP contribution in [0, 0.1) is 5.92 Å². The molecule has 3 rings (SSSR count).